The first-order chi connectivity index (χ1) is 15.6. The highest BCUT2D eigenvalue weighted by atomic mass is 32.1. The topological polar surface area (TPSA) is 67.2 Å². The zero-order chi connectivity index (χ0) is 22.1. The molecule has 1 fully saturated rings. The molecule has 6 nitrogen and oxygen atoms in total. The second kappa shape index (κ2) is 8.70. The van der Waals surface area contributed by atoms with Gasteiger partial charge in [-0.05, 0) is 49.4 Å². The van der Waals surface area contributed by atoms with Crippen LogP contribution in [0.2, 0.25) is 0 Å². The van der Waals surface area contributed by atoms with Gasteiger partial charge in [-0.15, -0.1) is 11.3 Å². The van der Waals surface area contributed by atoms with E-state index >= 15 is 0 Å². The van der Waals surface area contributed by atoms with Gasteiger partial charge in [0.15, 0.2) is 0 Å². The third-order valence-corrected chi connectivity index (χ3v) is 7.88. The Labute approximate surface area is 192 Å². The summed E-state index contributed by atoms with van der Waals surface area (Å²) in [5.74, 6) is -0.171. The van der Waals surface area contributed by atoms with Crippen molar-refractivity contribution in [2.24, 2.45) is 0 Å². The highest BCUT2D eigenvalue weighted by Crippen LogP contribution is 2.35. The molecule has 3 aromatic heterocycles. The maximum absolute atomic E-state index is 13.8. The van der Waals surface area contributed by atoms with Gasteiger partial charge in [-0.25, -0.2) is 0 Å². The number of hydrogen-bond acceptors (Lipinski definition) is 4. The van der Waals surface area contributed by atoms with Crippen LogP contribution in [-0.4, -0.2) is 37.8 Å². The van der Waals surface area contributed by atoms with Crippen molar-refractivity contribution in [1.82, 2.24) is 19.8 Å². The van der Waals surface area contributed by atoms with Gasteiger partial charge in [0, 0.05) is 12.2 Å². The fraction of sp³-hybridized carbons (Fsp3) is 0.480. The summed E-state index contributed by atoms with van der Waals surface area (Å²) in [7, 11) is 0. The molecule has 32 heavy (non-hydrogen) atoms. The van der Waals surface area contributed by atoms with Crippen molar-refractivity contribution in [3.63, 3.8) is 0 Å². The number of carbonyl (C=O) groups is 2. The molecule has 3 aromatic rings. The number of amides is 2. The summed E-state index contributed by atoms with van der Waals surface area (Å²) in [6.07, 6.45) is 9.81. The summed E-state index contributed by atoms with van der Waals surface area (Å²) < 4.78 is 3.11. The molecule has 0 saturated heterocycles. The highest BCUT2D eigenvalue weighted by Gasteiger charge is 2.48. The molecule has 168 valence electrons. The summed E-state index contributed by atoms with van der Waals surface area (Å²) in [5.41, 5.74) is 1.48. The zero-order valence-corrected chi connectivity index (χ0v) is 19.4. The standard InChI is InChI=1S/C25H30N4O2S/c1-25(24(31)27-18-9-5-3-2-4-6-10-18)17-28-20-12-14-32-22(20)15-21(28)23(30)29(25)16-19-11-7-8-13-26-19/h7-8,11-15,18H,2-6,9-10,16-17H2,1H3,(H,27,31). The maximum Gasteiger partial charge on any atom is 0.271 e. The van der Waals surface area contributed by atoms with Gasteiger partial charge >= 0.3 is 0 Å². The van der Waals surface area contributed by atoms with E-state index in [0.717, 1.165) is 41.6 Å². The molecule has 1 unspecified atom stereocenters. The van der Waals surface area contributed by atoms with Crippen LogP contribution in [0.5, 0.6) is 0 Å². The monoisotopic (exact) mass is 450 g/mol. The molecule has 0 bridgehead atoms. The Morgan fingerprint density at radius 3 is 2.72 bits per heavy atom. The molecule has 1 N–H and O–H groups in total. The minimum atomic E-state index is -0.988. The molecule has 0 radical (unpaired) electrons. The number of hydrogen-bond donors (Lipinski definition) is 1. The lowest BCUT2D eigenvalue weighted by atomic mass is 9.92. The summed E-state index contributed by atoms with van der Waals surface area (Å²) in [6.45, 7) is 2.67. The summed E-state index contributed by atoms with van der Waals surface area (Å²) in [4.78, 5) is 33.7. The van der Waals surface area contributed by atoms with Gasteiger partial charge in [0.1, 0.15) is 11.2 Å². The molecule has 7 heteroatoms. The number of carbonyl (C=O) groups excluding carboxylic acids is 2. The van der Waals surface area contributed by atoms with Crippen molar-refractivity contribution in [2.45, 2.75) is 76.5 Å². The lowest BCUT2D eigenvalue weighted by Gasteiger charge is -2.44. The van der Waals surface area contributed by atoms with E-state index in [9.17, 15) is 9.59 Å². The van der Waals surface area contributed by atoms with Crippen LogP contribution >= 0.6 is 11.3 Å². The lowest BCUT2D eigenvalue weighted by Crippen LogP contribution is -2.64. The molecule has 0 spiro atoms. The van der Waals surface area contributed by atoms with Crippen LogP contribution in [0.1, 0.15) is 68.1 Å². The van der Waals surface area contributed by atoms with E-state index in [0.29, 0.717) is 18.8 Å². The van der Waals surface area contributed by atoms with Gasteiger partial charge < -0.3 is 14.8 Å². The molecule has 1 atom stereocenters. The fourth-order valence-corrected chi connectivity index (χ4v) is 5.94. The predicted octanol–water partition coefficient (Wildman–Crippen LogP) is 4.74. The SMILES string of the molecule is CC1(C(=O)NC2CCCCCCC2)Cn2c(cc3sccc32)C(=O)N1Cc1ccccn1. The summed E-state index contributed by atoms with van der Waals surface area (Å²) in [6, 6.07) is 9.87. The van der Waals surface area contributed by atoms with Crippen molar-refractivity contribution in [3.05, 3.63) is 53.3 Å². The van der Waals surface area contributed by atoms with E-state index in [1.54, 1.807) is 22.4 Å². The summed E-state index contributed by atoms with van der Waals surface area (Å²) >= 11 is 1.62. The molecule has 2 aliphatic rings. The smallest absolute Gasteiger partial charge is 0.271 e. The Morgan fingerprint density at radius 2 is 1.97 bits per heavy atom. The zero-order valence-electron chi connectivity index (χ0n) is 18.5. The number of nitrogens with one attached hydrogen (secondary N) is 1. The molecule has 2 amide bonds. The van der Waals surface area contributed by atoms with Crippen molar-refractivity contribution in [1.29, 1.82) is 0 Å². The number of rotatable bonds is 4. The number of aromatic nitrogens is 2. The number of fused-ring (bicyclic) bond motifs is 3. The molecule has 1 aliphatic heterocycles. The van der Waals surface area contributed by atoms with E-state index in [1.165, 1.54) is 19.3 Å². The van der Waals surface area contributed by atoms with Crippen LogP contribution in [-0.2, 0) is 17.9 Å². The van der Waals surface area contributed by atoms with Crippen LogP contribution in [0.4, 0.5) is 0 Å². The second-order valence-electron chi connectivity index (χ2n) is 9.29. The minimum Gasteiger partial charge on any atom is -0.351 e. The van der Waals surface area contributed by atoms with E-state index in [1.807, 2.05) is 47.2 Å². The Hall–Kier alpha value is -2.67. The molecular formula is C25H30N4O2S. The quantitative estimate of drug-likeness (QED) is 0.624. The van der Waals surface area contributed by atoms with Crippen LogP contribution in [0.15, 0.2) is 41.9 Å². The first-order valence-corrected chi connectivity index (χ1v) is 12.5. The molecular weight excluding hydrogens is 420 g/mol. The largest absolute Gasteiger partial charge is 0.351 e. The van der Waals surface area contributed by atoms with Crippen LogP contribution < -0.4 is 5.32 Å². The van der Waals surface area contributed by atoms with Crippen molar-refractivity contribution in [3.8, 4) is 0 Å². The average Bonchev–Trinajstić information content (AvgIpc) is 3.36. The molecule has 1 aliphatic carbocycles. The lowest BCUT2D eigenvalue weighted by molar-refractivity contribution is -0.134. The van der Waals surface area contributed by atoms with Crippen LogP contribution in [0.3, 0.4) is 0 Å². The third kappa shape index (κ3) is 3.83. The fourth-order valence-electron chi connectivity index (χ4n) is 5.12. The van der Waals surface area contributed by atoms with Gasteiger partial charge in [-0.3, -0.25) is 14.6 Å². The minimum absolute atomic E-state index is 0.0601. The molecule has 4 heterocycles. The summed E-state index contributed by atoms with van der Waals surface area (Å²) in [5, 5.41) is 5.37. The third-order valence-electron chi connectivity index (χ3n) is 7.02. The van der Waals surface area contributed by atoms with E-state index in [4.69, 9.17) is 0 Å². The predicted molar refractivity (Wildman–Crippen MR) is 127 cm³/mol. The van der Waals surface area contributed by atoms with Gasteiger partial charge in [0.2, 0.25) is 5.91 Å². The number of pyridine rings is 1. The first kappa shape index (κ1) is 21.2. The van der Waals surface area contributed by atoms with Gasteiger partial charge in [0.05, 0.1) is 29.0 Å². The van der Waals surface area contributed by atoms with Gasteiger partial charge in [0.25, 0.3) is 5.91 Å². The second-order valence-corrected chi connectivity index (χ2v) is 10.2. The Kier molecular flexibility index (Phi) is 5.76. The van der Waals surface area contributed by atoms with Crippen LogP contribution in [0, 0.1) is 0 Å². The van der Waals surface area contributed by atoms with Gasteiger partial charge in [-0.1, -0.05) is 38.2 Å². The number of nitrogens with zero attached hydrogens (tertiary/aromatic N) is 3. The van der Waals surface area contributed by atoms with Crippen molar-refractivity contribution in [2.75, 3.05) is 0 Å². The van der Waals surface area contributed by atoms with Crippen molar-refractivity contribution < 1.29 is 9.59 Å². The normalized spacial score (nSPS) is 22.4. The Balaban J connectivity index is 1.49. The number of thiophene rings is 1. The van der Waals surface area contributed by atoms with E-state index in [2.05, 4.69) is 10.3 Å². The molecule has 0 aromatic carbocycles. The Bertz CT molecular complexity index is 1110. The van der Waals surface area contributed by atoms with Crippen LogP contribution in [0.25, 0.3) is 10.2 Å². The highest BCUT2D eigenvalue weighted by molar-refractivity contribution is 7.17. The van der Waals surface area contributed by atoms with E-state index < -0.39 is 5.54 Å². The van der Waals surface area contributed by atoms with Gasteiger partial charge in [-0.2, -0.15) is 0 Å². The van der Waals surface area contributed by atoms with E-state index in [-0.39, 0.29) is 17.9 Å². The Morgan fingerprint density at radius 1 is 1.19 bits per heavy atom. The molecule has 5 rings (SSSR count). The average molecular weight is 451 g/mol. The molecule has 1 saturated carbocycles. The van der Waals surface area contributed by atoms with Crippen molar-refractivity contribution >= 4 is 33.4 Å². The maximum atomic E-state index is 13.8. The first-order valence-electron chi connectivity index (χ1n) is 11.7.